The molecule has 5 nitrogen and oxygen atoms in total. The molecule has 5 heteroatoms. The van der Waals surface area contributed by atoms with Gasteiger partial charge in [0.05, 0.1) is 13.0 Å². The third-order valence-corrected chi connectivity index (χ3v) is 2.99. The first-order valence-electron chi connectivity index (χ1n) is 6.20. The number of carbonyl (C=O) groups is 1. The summed E-state index contributed by atoms with van der Waals surface area (Å²) < 4.78 is 1.89. The van der Waals surface area contributed by atoms with E-state index in [0.717, 1.165) is 17.0 Å². The number of imidazole rings is 1. The van der Waals surface area contributed by atoms with Crippen LogP contribution in [-0.4, -0.2) is 15.5 Å². The number of aryl methyl sites for hydroxylation is 1. The van der Waals surface area contributed by atoms with E-state index in [0.29, 0.717) is 19.5 Å². The number of hydrogen-bond acceptors (Lipinski definition) is 3. The number of benzene rings is 1. The molecule has 1 amide bonds. The Morgan fingerprint density at radius 3 is 2.58 bits per heavy atom. The fraction of sp³-hybridized carbons (Fsp3) is 0.286. The highest BCUT2D eigenvalue weighted by molar-refractivity contribution is 5.78. The molecule has 2 rings (SSSR count). The van der Waals surface area contributed by atoms with Crippen LogP contribution >= 0.6 is 0 Å². The maximum atomic E-state index is 11.8. The van der Waals surface area contributed by atoms with Crippen LogP contribution in [0.15, 0.2) is 36.7 Å². The van der Waals surface area contributed by atoms with Crippen molar-refractivity contribution in [2.24, 2.45) is 12.8 Å². The quantitative estimate of drug-likeness (QED) is 0.830. The monoisotopic (exact) mass is 258 g/mol. The van der Waals surface area contributed by atoms with Crippen molar-refractivity contribution >= 4 is 5.91 Å². The van der Waals surface area contributed by atoms with Gasteiger partial charge in [-0.2, -0.15) is 0 Å². The van der Waals surface area contributed by atoms with Gasteiger partial charge in [0.25, 0.3) is 0 Å². The van der Waals surface area contributed by atoms with Crippen LogP contribution in [0.4, 0.5) is 0 Å². The average Bonchev–Trinajstić information content (AvgIpc) is 2.83. The van der Waals surface area contributed by atoms with Crippen LogP contribution in [0.2, 0.25) is 0 Å². The highest BCUT2D eigenvalue weighted by Crippen LogP contribution is 2.04. The molecule has 0 fully saturated rings. The van der Waals surface area contributed by atoms with Crippen molar-refractivity contribution in [3.05, 3.63) is 53.6 Å². The van der Waals surface area contributed by atoms with Gasteiger partial charge >= 0.3 is 0 Å². The first-order chi connectivity index (χ1) is 9.19. The third kappa shape index (κ3) is 3.66. The summed E-state index contributed by atoms with van der Waals surface area (Å²) in [5, 5.41) is 2.86. The molecule has 0 radical (unpaired) electrons. The molecule has 3 N–H and O–H groups in total. The molecule has 0 saturated carbocycles. The lowest BCUT2D eigenvalue weighted by Crippen LogP contribution is -2.25. The van der Waals surface area contributed by atoms with Gasteiger partial charge in [-0.05, 0) is 11.1 Å². The molecule has 0 bridgehead atoms. The minimum atomic E-state index is -0.0106. The Labute approximate surface area is 112 Å². The second-order valence-electron chi connectivity index (χ2n) is 4.43. The van der Waals surface area contributed by atoms with E-state index in [-0.39, 0.29) is 5.91 Å². The highest BCUT2D eigenvalue weighted by atomic mass is 16.1. The lowest BCUT2D eigenvalue weighted by molar-refractivity contribution is -0.120. The molecule has 0 unspecified atom stereocenters. The van der Waals surface area contributed by atoms with Crippen molar-refractivity contribution in [3.63, 3.8) is 0 Å². The Balaban J connectivity index is 1.85. The van der Waals surface area contributed by atoms with Crippen molar-refractivity contribution in [3.8, 4) is 0 Å². The topological polar surface area (TPSA) is 72.9 Å². The second-order valence-corrected chi connectivity index (χ2v) is 4.43. The lowest BCUT2D eigenvalue weighted by Gasteiger charge is -2.06. The average molecular weight is 258 g/mol. The molecule has 1 aromatic heterocycles. The summed E-state index contributed by atoms with van der Waals surface area (Å²) >= 11 is 0. The van der Waals surface area contributed by atoms with E-state index in [9.17, 15) is 4.79 Å². The number of nitrogens with one attached hydrogen (secondary N) is 1. The van der Waals surface area contributed by atoms with Crippen LogP contribution in [0.1, 0.15) is 17.0 Å². The Kier molecular flexibility index (Phi) is 4.30. The van der Waals surface area contributed by atoms with Gasteiger partial charge in [-0.15, -0.1) is 0 Å². The smallest absolute Gasteiger partial charge is 0.224 e. The molecule has 0 aliphatic rings. The van der Waals surface area contributed by atoms with Crippen LogP contribution in [0, 0.1) is 0 Å². The molecular formula is C14H18N4O. The Morgan fingerprint density at radius 1 is 1.32 bits per heavy atom. The number of amides is 1. The van der Waals surface area contributed by atoms with Crippen molar-refractivity contribution in [1.82, 2.24) is 14.9 Å². The van der Waals surface area contributed by atoms with E-state index in [1.807, 2.05) is 42.1 Å². The third-order valence-electron chi connectivity index (χ3n) is 2.99. The highest BCUT2D eigenvalue weighted by Gasteiger charge is 2.05. The first kappa shape index (κ1) is 13.3. The van der Waals surface area contributed by atoms with Gasteiger partial charge in [-0.3, -0.25) is 4.79 Å². The maximum absolute atomic E-state index is 11.8. The van der Waals surface area contributed by atoms with E-state index in [1.54, 1.807) is 6.20 Å². The van der Waals surface area contributed by atoms with Gasteiger partial charge in [-0.25, -0.2) is 4.98 Å². The molecule has 0 spiro atoms. The maximum Gasteiger partial charge on any atom is 0.224 e. The van der Waals surface area contributed by atoms with E-state index in [1.165, 1.54) is 0 Å². The summed E-state index contributed by atoms with van der Waals surface area (Å²) in [5.41, 5.74) is 7.58. The van der Waals surface area contributed by atoms with Crippen LogP contribution in [0.25, 0.3) is 0 Å². The van der Waals surface area contributed by atoms with E-state index in [4.69, 9.17) is 5.73 Å². The summed E-state index contributed by atoms with van der Waals surface area (Å²) in [7, 11) is 1.90. The molecule has 1 heterocycles. The van der Waals surface area contributed by atoms with Gasteiger partial charge in [0, 0.05) is 26.0 Å². The Bertz CT molecular complexity index is 545. The van der Waals surface area contributed by atoms with Gasteiger partial charge in [0.1, 0.15) is 5.82 Å². The zero-order chi connectivity index (χ0) is 13.7. The number of hydrogen-bond donors (Lipinski definition) is 2. The van der Waals surface area contributed by atoms with Gasteiger partial charge in [0.2, 0.25) is 5.91 Å². The zero-order valence-electron chi connectivity index (χ0n) is 11.0. The van der Waals surface area contributed by atoms with Gasteiger partial charge in [-0.1, -0.05) is 24.3 Å². The molecule has 0 saturated heterocycles. The Morgan fingerprint density at radius 2 is 2.00 bits per heavy atom. The number of aromatic nitrogens is 2. The van der Waals surface area contributed by atoms with Crippen LogP contribution < -0.4 is 11.1 Å². The largest absolute Gasteiger partial charge is 0.349 e. The fourth-order valence-corrected chi connectivity index (χ4v) is 1.79. The molecule has 1 aromatic carbocycles. The minimum absolute atomic E-state index is 0.0106. The Hall–Kier alpha value is -2.14. The summed E-state index contributed by atoms with van der Waals surface area (Å²) in [4.78, 5) is 16.0. The second kappa shape index (κ2) is 6.15. The summed E-state index contributed by atoms with van der Waals surface area (Å²) in [6.07, 6.45) is 3.94. The number of rotatable bonds is 5. The van der Waals surface area contributed by atoms with E-state index >= 15 is 0 Å². The molecule has 0 aliphatic heterocycles. The predicted octanol–water partition coefficient (Wildman–Crippen LogP) is 0.738. The molecular weight excluding hydrogens is 240 g/mol. The van der Waals surface area contributed by atoms with Crippen LogP contribution in [0.5, 0.6) is 0 Å². The fourth-order valence-electron chi connectivity index (χ4n) is 1.79. The number of nitrogens with zero attached hydrogens (tertiary/aromatic N) is 2. The van der Waals surface area contributed by atoms with Crippen molar-refractivity contribution in [2.45, 2.75) is 19.5 Å². The van der Waals surface area contributed by atoms with Crippen molar-refractivity contribution < 1.29 is 4.79 Å². The molecule has 2 aromatic rings. The van der Waals surface area contributed by atoms with Crippen LogP contribution in [-0.2, 0) is 31.4 Å². The molecule has 0 atom stereocenters. The summed E-state index contributed by atoms with van der Waals surface area (Å²) in [5.74, 6) is 0.829. The van der Waals surface area contributed by atoms with Crippen LogP contribution in [0.3, 0.4) is 0 Å². The van der Waals surface area contributed by atoms with E-state index in [2.05, 4.69) is 10.3 Å². The normalized spacial score (nSPS) is 10.4. The SMILES string of the molecule is Cn1ccnc1CNC(=O)Cc1ccc(CN)cc1. The predicted molar refractivity (Wildman–Crippen MR) is 73.1 cm³/mol. The lowest BCUT2D eigenvalue weighted by atomic mass is 10.1. The van der Waals surface area contributed by atoms with Gasteiger partial charge in [0.15, 0.2) is 0 Å². The van der Waals surface area contributed by atoms with Crippen molar-refractivity contribution in [2.75, 3.05) is 0 Å². The first-order valence-corrected chi connectivity index (χ1v) is 6.20. The number of nitrogens with two attached hydrogens (primary N) is 1. The summed E-state index contributed by atoms with van der Waals surface area (Å²) in [6.45, 7) is 0.967. The molecule has 0 aliphatic carbocycles. The van der Waals surface area contributed by atoms with E-state index < -0.39 is 0 Å². The standard InChI is InChI=1S/C14H18N4O/c1-18-7-6-16-13(18)10-17-14(19)8-11-2-4-12(9-15)5-3-11/h2-7H,8-10,15H2,1H3,(H,17,19). The summed E-state index contributed by atoms with van der Waals surface area (Å²) in [6, 6.07) is 7.76. The molecule has 100 valence electrons. The van der Waals surface area contributed by atoms with Crippen molar-refractivity contribution in [1.29, 1.82) is 0 Å². The zero-order valence-corrected chi connectivity index (χ0v) is 11.0. The van der Waals surface area contributed by atoms with Gasteiger partial charge < -0.3 is 15.6 Å². The minimum Gasteiger partial charge on any atom is -0.349 e. The number of carbonyl (C=O) groups excluding carboxylic acids is 1. The molecule has 19 heavy (non-hydrogen) atoms.